The highest BCUT2D eigenvalue weighted by Crippen LogP contribution is 2.32. The molecule has 3 nitrogen and oxygen atoms in total. The minimum Gasteiger partial charge on any atom is -0.497 e. The summed E-state index contributed by atoms with van der Waals surface area (Å²) in [6.45, 7) is 4.66. The average molecular weight is 289 g/mol. The van der Waals surface area contributed by atoms with Crippen LogP contribution in [0.4, 0.5) is 4.39 Å². The van der Waals surface area contributed by atoms with Crippen molar-refractivity contribution in [3.05, 3.63) is 53.8 Å². The van der Waals surface area contributed by atoms with Gasteiger partial charge in [-0.2, -0.15) is 0 Å². The largest absolute Gasteiger partial charge is 0.497 e. The van der Waals surface area contributed by atoms with E-state index in [4.69, 9.17) is 9.47 Å². The summed E-state index contributed by atoms with van der Waals surface area (Å²) >= 11 is 0. The molecule has 0 aliphatic rings. The summed E-state index contributed by atoms with van der Waals surface area (Å²) in [5.41, 5.74) is 0.530. The van der Waals surface area contributed by atoms with Crippen LogP contribution in [0.5, 0.6) is 17.2 Å². The number of methoxy groups -OCH3 is 1. The van der Waals surface area contributed by atoms with Crippen LogP contribution in [0.1, 0.15) is 25.5 Å². The number of ether oxygens (including phenoxy) is 2. The lowest BCUT2D eigenvalue weighted by Gasteiger charge is -2.18. The second-order valence-corrected chi connectivity index (χ2v) is 4.71. The molecule has 0 radical (unpaired) electrons. The SMILES string of the molecule is CCNC(C)c1c(F)cccc1Oc1cccc(OC)c1. The topological polar surface area (TPSA) is 30.5 Å². The minimum absolute atomic E-state index is 0.128. The highest BCUT2D eigenvalue weighted by atomic mass is 19.1. The minimum atomic E-state index is -0.274. The molecule has 0 aliphatic heterocycles. The van der Waals surface area contributed by atoms with Crippen LogP contribution >= 0.6 is 0 Å². The second kappa shape index (κ2) is 7.09. The Labute approximate surface area is 124 Å². The van der Waals surface area contributed by atoms with Gasteiger partial charge in [0.05, 0.1) is 7.11 Å². The zero-order valence-electron chi connectivity index (χ0n) is 12.5. The maximum Gasteiger partial charge on any atom is 0.135 e. The van der Waals surface area contributed by atoms with Crippen molar-refractivity contribution < 1.29 is 13.9 Å². The van der Waals surface area contributed by atoms with Gasteiger partial charge in [-0.25, -0.2) is 4.39 Å². The average Bonchev–Trinajstić information content (AvgIpc) is 2.47. The van der Waals surface area contributed by atoms with Gasteiger partial charge in [-0.3, -0.25) is 0 Å². The molecule has 0 heterocycles. The molecule has 112 valence electrons. The molecular weight excluding hydrogens is 269 g/mol. The predicted octanol–water partition coefficient (Wildman–Crippen LogP) is 4.30. The van der Waals surface area contributed by atoms with Crippen LogP contribution in [0, 0.1) is 5.82 Å². The van der Waals surface area contributed by atoms with Crippen molar-refractivity contribution in [1.82, 2.24) is 5.32 Å². The van der Waals surface area contributed by atoms with Gasteiger partial charge in [-0.15, -0.1) is 0 Å². The fraction of sp³-hybridized carbons (Fsp3) is 0.294. The smallest absolute Gasteiger partial charge is 0.135 e. The zero-order chi connectivity index (χ0) is 15.2. The molecule has 1 unspecified atom stereocenters. The van der Waals surface area contributed by atoms with E-state index in [9.17, 15) is 4.39 Å². The van der Waals surface area contributed by atoms with E-state index in [-0.39, 0.29) is 11.9 Å². The lowest BCUT2D eigenvalue weighted by molar-refractivity contribution is 0.407. The third kappa shape index (κ3) is 3.73. The molecule has 2 aromatic carbocycles. The van der Waals surface area contributed by atoms with Gasteiger partial charge in [0.2, 0.25) is 0 Å². The van der Waals surface area contributed by atoms with E-state index in [1.807, 2.05) is 32.0 Å². The molecule has 0 aromatic heterocycles. The van der Waals surface area contributed by atoms with Crippen LogP contribution in [0.15, 0.2) is 42.5 Å². The number of hydrogen-bond acceptors (Lipinski definition) is 3. The number of hydrogen-bond donors (Lipinski definition) is 1. The van der Waals surface area contributed by atoms with Crippen molar-refractivity contribution in [2.24, 2.45) is 0 Å². The third-order valence-electron chi connectivity index (χ3n) is 3.23. The van der Waals surface area contributed by atoms with Gasteiger partial charge in [0.1, 0.15) is 23.1 Å². The molecule has 0 fully saturated rings. The van der Waals surface area contributed by atoms with E-state index in [0.717, 1.165) is 6.54 Å². The third-order valence-corrected chi connectivity index (χ3v) is 3.23. The first-order chi connectivity index (χ1) is 10.2. The van der Waals surface area contributed by atoms with Crippen LogP contribution in [0.25, 0.3) is 0 Å². The van der Waals surface area contributed by atoms with E-state index < -0.39 is 0 Å². The van der Waals surface area contributed by atoms with E-state index in [1.165, 1.54) is 6.07 Å². The summed E-state index contributed by atoms with van der Waals surface area (Å²) in [6, 6.07) is 12.0. The van der Waals surface area contributed by atoms with Crippen LogP contribution in [-0.4, -0.2) is 13.7 Å². The molecule has 1 N–H and O–H groups in total. The Morgan fingerprint density at radius 3 is 2.57 bits per heavy atom. The van der Waals surface area contributed by atoms with Crippen LogP contribution in [-0.2, 0) is 0 Å². The van der Waals surface area contributed by atoms with E-state index in [0.29, 0.717) is 22.8 Å². The van der Waals surface area contributed by atoms with Crippen LogP contribution in [0.2, 0.25) is 0 Å². The van der Waals surface area contributed by atoms with Crippen molar-refractivity contribution in [1.29, 1.82) is 0 Å². The first kappa shape index (κ1) is 15.3. The van der Waals surface area contributed by atoms with E-state index in [2.05, 4.69) is 5.32 Å². The molecule has 2 aromatic rings. The zero-order valence-corrected chi connectivity index (χ0v) is 12.5. The maximum atomic E-state index is 14.1. The highest BCUT2D eigenvalue weighted by molar-refractivity contribution is 5.42. The van der Waals surface area contributed by atoms with E-state index in [1.54, 1.807) is 25.3 Å². The van der Waals surface area contributed by atoms with Crippen molar-refractivity contribution in [3.8, 4) is 17.2 Å². The number of halogens is 1. The molecule has 0 amide bonds. The quantitative estimate of drug-likeness (QED) is 0.860. The lowest BCUT2D eigenvalue weighted by atomic mass is 10.1. The number of benzene rings is 2. The van der Waals surface area contributed by atoms with Gasteiger partial charge >= 0.3 is 0 Å². The summed E-state index contributed by atoms with van der Waals surface area (Å²) in [5, 5.41) is 3.21. The van der Waals surface area contributed by atoms with Crippen LogP contribution < -0.4 is 14.8 Å². The van der Waals surface area contributed by atoms with Gasteiger partial charge in [0.25, 0.3) is 0 Å². The Balaban J connectivity index is 2.32. The van der Waals surface area contributed by atoms with Crippen molar-refractivity contribution >= 4 is 0 Å². The summed E-state index contributed by atoms with van der Waals surface area (Å²) in [6.07, 6.45) is 0. The van der Waals surface area contributed by atoms with E-state index >= 15 is 0 Å². The second-order valence-electron chi connectivity index (χ2n) is 4.71. The van der Waals surface area contributed by atoms with Gasteiger partial charge in [-0.05, 0) is 37.7 Å². The Morgan fingerprint density at radius 2 is 1.86 bits per heavy atom. The number of nitrogens with one attached hydrogen (secondary N) is 1. The first-order valence-electron chi connectivity index (χ1n) is 6.99. The van der Waals surface area contributed by atoms with Gasteiger partial charge in [-0.1, -0.05) is 19.1 Å². The molecule has 0 saturated heterocycles. The number of rotatable bonds is 6. The highest BCUT2D eigenvalue weighted by Gasteiger charge is 2.16. The summed E-state index contributed by atoms with van der Waals surface area (Å²) in [5.74, 6) is 1.55. The normalized spacial score (nSPS) is 12.0. The molecule has 0 spiro atoms. The maximum absolute atomic E-state index is 14.1. The summed E-state index contributed by atoms with van der Waals surface area (Å²) < 4.78 is 25.1. The Morgan fingerprint density at radius 1 is 1.14 bits per heavy atom. The molecule has 2 rings (SSSR count). The Bertz CT molecular complexity index is 601. The van der Waals surface area contributed by atoms with Crippen molar-refractivity contribution in [3.63, 3.8) is 0 Å². The summed E-state index contributed by atoms with van der Waals surface area (Å²) in [4.78, 5) is 0. The van der Waals surface area contributed by atoms with Crippen molar-refractivity contribution in [2.45, 2.75) is 19.9 Å². The van der Waals surface area contributed by atoms with Crippen LogP contribution in [0.3, 0.4) is 0 Å². The molecule has 1 atom stereocenters. The van der Waals surface area contributed by atoms with Gasteiger partial charge in [0, 0.05) is 17.7 Å². The van der Waals surface area contributed by atoms with Crippen molar-refractivity contribution in [2.75, 3.05) is 13.7 Å². The fourth-order valence-corrected chi connectivity index (χ4v) is 2.23. The standard InChI is InChI=1S/C17H20FNO2/c1-4-19-12(2)17-15(18)9-6-10-16(17)21-14-8-5-7-13(11-14)20-3/h5-12,19H,4H2,1-3H3. The lowest BCUT2D eigenvalue weighted by Crippen LogP contribution is -2.19. The predicted molar refractivity (Wildman–Crippen MR) is 81.6 cm³/mol. The molecule has 0 bridgehead atoms. The van der Waals surface area contributed by atoms with Gasteiger partial charge in [0.15, 0.2) is 0 Å². The molecular formula is C17H20FNO2. The molecule has 4 heteroatoms. The fourth-order valence-electron chi connectivity index (χ4n) is 2.23. The molecule has 21 heavy (non-hydrogen) atoms. The van der Waals surface area contributed by atoms with Gasteiger partial charge < -0.3 is 14.8 Å². The monoisotopic (exact) mass is 289 g/mol. The Kier molecular flexibility index (Phi) is 5.17. The summed E-state index contributed by atoms with van der Waals surface area (Å²) in [7, 11) is 1.60. The molecule has 0 saturated carbocycles. The molecule has 0 aliphatic carbocycles. The first-order valence-corrected chi connectivity index (χ1v) is 6.99. The Hall–Kier alpha value is -2.07.